The predicted molar refractivity (Wildman–Crippen MR) is 26.9 cm³/mol. The van der Waals surface area contributed by atoms with Gasteiger partial charge in [-0.1, -0.05) is 0 Å². The number of hydrogen-bond donors (Lipinski definition) is 0. The zero-order chi connectivity index (χ0) is 6.62. The van der Waals surface area contributed by atoms with Crippen LogP contribution in [0.2, 0.25) is 0 Å². The summed E-state index contributed by atoms with van der Waals surface area (Å²) in [5.74, 6) is 0. The van der Waals surface area contributed by atoms with Crippen LogP contribution in [-0.4, -0.2) is 12.1 Å². The molecular weight excluding hydrogens is 92.1 g/mol. The van der Waals surface area contributed by atoms with Crippen molar-refractivity contribution in [1.82, 2.24) is 0 Å². The molecule has 0 radical (unpaired) electrons. The predicted octanol–water partition coefficient (Wildman–Crippen LogP) is 0.958. The molecular formula is C5H10O2. The normalized spacial score (nSPS) is 12.6. The highest BCUT2D eigenvalue weighted by Crippen LogP contribution is 2.02. The third kappa shape index (κ3) is 5.47. The molecule has 0 saturated heterocycles. The Hall–Kier alpha value is -0.530. The van der Waals surface area contributed by atoms with E-state index in [2.05, 4.69) is 4.74 Å². The molecule has 0 atom stereocenters. The Balaban J connectivity index is 3.53. The van der Waals surface area contributed by atoms with E-state index in [-0.39, 0.29) is 6.90 Å². The Bertz CT molecular complexity index is 80.5. The molecule has 0 aliphatic heterocycles. The fraction of sp³-hybridized carbons (Fsp3) is 0.800. The fourth-order valence-corrected chi connectivity index (χ4v) is 0.130. The summed E-state index contributed by atoms with van der Waals surface area (Å²) in [6.07, 6.45) is 0. The SMILES string of the molecule is [2H]CC(C)(C)OC=O. The topological polar surface area (TPSA) is 26.3 Å². The smallest absolute Gasteiger partial charge is 0.293 e. The molecule has 2 heteroatoms. The maximum Gasteiger partial charge on any atom is 0.293 e. The van der Waals surface area contributed by atoms with E-state index < -0.39 is 5.60 Å². The van der Waals surface area contributed by atoms with E-state index >= 15 is 0 Å². The second-order valence-corrected chi connectivity index (χ2v) is 1.97. The van der Waals surface area contributed by atoms with Crippen LogP contribution in [0.25, 0.3) is 0 Å². The molecule has 0 saturated carbocycles. The molecule has 0 aromatic carbocycles. The molecule has 0 aromatic heterocycles. The number of carbonyl (C=O) groups excluding carboxylic acids is 1. The van der Waals surface area contributed by atoms with Crippen molar-refractivity contribution in [3.8, 4) is 0 Å². The van der Waals surface area contributed by atoms with Crippen molar-refractivity contribution in [3.63, 3.8) is 0 Å². The molecule has 0 N–H and O–H groups in total. The van der Waals surface area contributed by atoms with E-state index in [0.717, 1.165) is 0 Å². The van der Waals surface area contributed by atoms with Crippen molar-refractivity contribution in [1.29, 1.82) is 0 Å². The van der Waals surface area contributed by atoms with Crippen LogP contribution in [0.1, 0.15) is 22.1 Å². The Morgan fingerprint density at radius 1 is 1.86 bits per heavy atom. The summed E-state index contributed by atoms with van der Waals surface area (Å²) in [7, 11) is 0. The van der Waals surface area contributed by atoms with Gasteiger partial charge in [0, 0.05) is 1.37 Å². The Labute approximate surface area is 44.9 Å². The number of rotatable bonds is 1. The lowest BCUT2D eigenvalue weighted by Gasteiger charge is -2.14. The maximum atomic E-state index is 9.67. The van der Waals surface area contributed by atoms with Crippen LogP contribution in [0.3, 0.4) is 0 Å². The molecule has 0 fully saturated rings. The van der Waals surface area contributed by atoms with Crippen molar-refractivity contribution in [2.45, 2.75) is 26.3 Å². The second-order valence-electron chi connectivity index (χ2n) is 1.97. The lowest BCUT2D eigenvalue weighted by atomic mass is 10.2. The van der Waals surface area contributed by atoms with Crippen molar-refractivity contribution < 1.29 is 10.9 Å². The minimum Gasteiger partial charge on any atom is -0.462 e. The Morgan fingerprint density at radius 2 is 2.43 bits per heavy atom. The van der Waals surface area contributed by atoms with Gasteiger partial charge in [-0.25, -0.2) is 0 Å². The molecule has 0 aliphatic rings. The molecule has 0 amide bonds. The van der Waals surface area contributed by atoms with Crippen molar-refractivity contribution in [2.24, 2.45) is 0 Å². The number of carbonyl (C=O) groups is 1. The van der Waals surface area contributed by atoms with E-state index in [1.54, 1.807) is 13.8 Å². The van der Waals surface area contributed by atoms with Gasteiger partial charge in [-0.15, -0.1) is 0 Å². The highest BCUT2D eigenvalue weighted by atomic mass is 16.5. The average molecular weight is 103 g/mol. The van der Waals surface area contributed by atoms with Gasteiger partial charge in [-0.05, 0) is 20.7 Å². The molecule has 7 heavy (non-hydrogen) atoms. The van der Waals surface area contributed by atoms with Gasteiger partial charge in [0.15, 0.2) is 0 Å². The van der Waals surface area contributed by atoms with Gasteiger partial charge < -0.3 is 4.74 Å². The molecule has 0 unspecified atom stereocenters. The van der Waals surface area contributed by atoms with Crippen molar-refractivity contribution in [3.05, 3.63) is 0 Å². The minimum atomic E-state index is -0.609. The van der Waals surface area contributed by atoms with Crippen LogP contribution < -0.4 is 0 Å². The highest BCUT2D eigenvalue weighted by molar-refractivity contribution is 5.37. The van der Waals surface area contributed by atoms with E-state index in [1.807, 2.05) is 0 Å². The van der Waals surface area contributed by atoms with Gasteiger partial charge in [0.2, 0.25) is 0 Å². The van der Waals surface area contributed by atoms with E-state index in [9.17, 15) is 4.79 Å². The molecule has 0 aliphatic carbocycles. The van der Waals surface area contributed by atoms with Gasteiger partial charge in [0.25, 0.3) is 6.47 Å². The van der Waals surface area contributed by atoms with Crippen LogP contribution in [0.5, 0.6) is 0 Å². The fourth-order valence-electron chi connectivity index (χ4n) is 0.130. The summed E-state index contributed by atoms with van der Waals surface area (Å²) in [6, 6.07) is 0. The van der Waals surface area contributed by atoms with Gasteiger partial charge in [0.05, 0.1) is 0 Å². The monoisotopic (exact) mass is 103 g/mol. The summed E-state index contributed by atoms with van der Waals surface area (Å²) in [5, 5.41) is 0. The first-order chi connectivity index (χ1) is 3.62. The minimum absolute atomic E-state index is 0.103. The molecule has 42 valence electrons. The third-order valence-corrected chi connectivity index (χ3v) is 0.367. The van der Waals surface area contributed by atoms with Gasteiger partial charge in [0.1, 0.15) is 5.60 Å². The number of hydrogen-bond acceptors (Lipinski definition) is 2. The number of ether oxygens (including phenoxy) is 1. The highest BCUT2D eigenvalue weighted by Gasteiger charge is 2.07. The lowest BCUT2D eigenvalue weighted by molar-refractivity contribution is -0.138. The maximum absolute atomic E-state index is 9.67. The van der Waals surface area contributed by atoms with Gasteiger partial charge >= 0.3 is 0 Å². The largest absolute Gasteiger partial charge is 0.462 e. The Morgan fingerprint density at radius 3 is 2.57 bits per heavy atom. The Kier molecular flexibility index (Phi) is 1.29. The molecule has 0 aromatic rings. The van der Waals surface area contributed by atoms with Crippen LogP contribution in [0.15, 0.2) is 0 Å². The first-order valence-corrected chi connectivity index (χ1v) is 2.03. The second kappa shape index (κ2) is 1.96. The van der Waals surface area contributed by atoms with Crippen molar-refractivity contribution >= 4 is 6.47 Å². The molecule has 0 spiro atoms. The zero-order valence-electron chi connectivity index (χ0n) is 5.60. The van der Waals surface area contributed by atoms with Crippen LogP contribution in [0, 0.1) is 0 Å². The lowest BCUT2D eigenvalue weighted by Crippen LogP contribution is -2.17. The van der Waals surface area contributed by atoms with Crippen LogP contribution >= 0.6 is 0 Å². The summed E-state index contributed by atoms with van der Waals surface area (Å²) in [5.41, 5.74) is -0.609. The van der Waals surface area contributed by atoms with E-state index in [4.69, 9.17) is 1.37 Å². The summed E-state index contributed by atoms with van der Waals surface area (Å²) in [4.78, 5) is 9.67. The quantitative estimate of drug-likeness (QED) is 0.462. The van der Waals surface area contributed by atoms with Gasteiger partial charge in [-0.3, -0.25) is 4.79 Å². The molecule has 0 bridgehead atoms. The van der Waals surface area contributed by atoms with Crippen LogP contribution in [-0.2, 0) is 9.53 Å². The summed E-state index contributed by atoms with van der Waals surface area (Å²) in [6.45, 7) is 3.85. The van der Waals surface area contributed by atoms with Crippen LogP contribution in [0.4, 0.5) is 0 Å². The first-order valence-electron chi connectivity index (χ1n) is 2.74. The zero-order valence-corrected chi connectivity index (χ0v) is 4.60. The van der Waals surface area contributed by atoms with E-state index in [1.165, 1.54) is 0 Å². The summed E-state index contributed by atoms with van der Waals surface area (Å²) >= 11 is 0. The molecule has 0 heterocycles. The summed E-state index contributed by atoms with van der Waals surface area (Å²) < 4.78 is 11.3. The van der Waals surface area contributed by atoms with E-state index in [0.29, 0.717) is 6.47 Å². The first kappa shape index (κ1) is 4.62. The molecule has 0 rings (SSSR count). The standard InChI is InChI=1S/C5H10O2/c1-5(2,3)7-4-6/h4H,1-3H3/i1D. The molecule has 2 nitrogen and oxygen atoms in total. The van der Waals surface area contributed by atoms with Gasteiger partial charge in [-0.2, -0.15) is 0 Å². The van der Waals surface area contributed by atoms with Crippen molar-refractivity contribution in [2.75, 3.05) is 0 Å². The average Bonchev–Trinajstić information content (AvgIpc) is 1.67. The third-order valence-electron chi connectivity index (χ3n) is 0.367.